The Bertz CT molecular complexity index is 931. The lowest BCUT2D eigenvalue weighted by atomic mass is 9.98. The molecule has 1 heterocycles. The molecule has 0 radical (unpaired) electrons. The summed E-state index contributed by atoms with van der Waals surface area (Å²) in [5.74, 6) is -0.926. The summed E-state index contributed by atoms with van der Waals surface area (Å²) in [6, 6.07) is 15.6. The van der Waals surface area contributed by atoms with Gasteiger partial charge in [0.1, 0.15) is 0 Å². The van der Waals surface area contributed by atoms with Crippen LogP contribution in [0.2, 0.25) is 0 Å². The summed E-state index contributed by atoms with van der Waals surface area (Å²) in [5.41, 5.74) is 3.78. The Morgan fingerprint density at radius 3 is 2.63 bits per heavy atom. The molecule has 1 aromatic heterocycles. The molecule has 2 aromatic carbocycles. The van der Waals surface area contributed by atoms with E-state index in [9.17, 15) is 9.59 Å². The van der Waals surface area contributed by atoms with Crippen molar-refractivity contribution in [2.75, 3.05) is 13.7 Å². The van der Waals surface area contributed by atoms with Gasteiger partial charge in [-0.3, -0.25) is 14.7 Å². The Labute approximate surface area is 157 Å². The number of esters is 1. The van der Waals surface area contributed by atoms with Crippen LogP contribution in [-0.4, -0.2) is 35.7 Å². The van der Waals surface area contributed by atoms with E-state index in [0.717, 1.165) is 27.7 Å². The minimum Gasteiger partial charge on any atom is -0.469 e. The molecule has 140 valence electrons. The molecule has 6 nitrogen and oxygen atoms in total. The number of ether oxygens (including phenoxy) is 1. The quantitative estimate of drug-likeness (QED) is 0.630. The smallest absolute Gasteiger partial charge is 0.310 e. The average molecular weight is 365 g/mol. The lowest BCUT2D eigenvalue weighted by Crippen LogP contribution is -2.35. The van der Waals surface area contributed by atoms with Gasteiger partial charge in [-0.25, -0.2) is 0 Å². The molecule has 3 rings (SSSR count). The number of benzene rings is 2. The summed E-state index contributed by atoms with van der Waals surface area (Å²) in [5, 5.41) is 10.9. The Balaban J connectivity index is 1.61. The van der Waals surface area contributed by atoms with Gasteiger partial charge in [0.2, 0.25) is 5.91 Å². The van der Waals surface area contributed by atoms with Gasteiger partial charge in [0, 0.05) is 11.9 Å². The number of rotatable bonds is 7. The van der Waals surface area contributed by atoms with Gasteiger partial charge in [-0.05, 0) is 25.0 Å². The summed E-state index contributed by atoms with van der Waals surface area (Å²) >= 11 is 0. The summed E-state index contributed by atoms with van der Waals surface area (Å²) in [6.07, 6.45) is 0.694. The van der Waals surface area contributed by atoms with E-state index < -0.39 is 5.92 Å². The average Bonchev–Trinajstić information content (AvgIpc) is 3.09. The van der Waals surface area contributed by atoms with Crippen molar-refractivity contribution in [3.63, 3.8) is 0 Å². The maximum absolute atomic E-state index is 12.4. The number of hydrogen-bond acceptors (Lipinski definition) is 4. The van der Waals surface area contributed by atoms with Gasteiger partial charge < -0.3 is 10.1 Å². The molecule has 1 amide bonds. The van der Waals surface area contributed by atoms with Crippen LogP contribution in [0.25, 0.3) is 10.9 Å². The Morgan fingerprint density at radius 1 is 1.15 bits per heavy atom. The highest BCUT2D eigenvalue weighted by Gasteiger charge is 2.21. The predicted octanol–water partition coefficient (Wildman–Crippen LogP) is 2.56. The van der Waals surface area contributed by atoms with Crippen molar-refractivity contribution < 1.29 is 14.3 Å². The van der Waals surface area contributed by atoms with E-state index in [1.54, 1.807) is 0 Å². The topological polar surface area (TPSA) is 84.1 Å². The number of methoxy groups -OCH3 is 1. The molecule has 2 N–H and O–H groups in total. The molecule has 0 fully saturated rings. The lowest BCUT2D eigenvalue weighted by molar-refractivity contribution is -0.145. The zero-order valence-electron chi connectivity index (χ0n) is 15.5. The maximum Gasteiger partial charge on any atom is 0.310 e. The van der Waals surface area contributed by atoms with Crippen LogP contribution in [0.5, 0.6) is 0 Å². The second kappa shape index (κ2) is 8.49. The van der Waals surface area contributed by atoms with E-state index in [1.165, 1.54) is 7.11 Å². The van der Waals surface area contributed by atoms with Crippen LogP contribution in [0.4, 0.5) is 0 Å². The molecule has 0 spiro atoms. The predicted molar refractivity (Wildman–Crippen MR) is 103 cm³/mol. The molecule has 0 aliphatic carbocycles. The molecule has 1 unspecified atom stereocenters. The van der Waals surface area contributed by atoms with Crippen molar-refractivity contribution in [3.8, 4) is 0 Å². The van der Waals surface area contributed by atoms with Crippen molar-refractivity contribution in [1.29, 1.82) is 0 Å². The van der Waals surface area contributed by atoms with Crippen LogP contribution in [0.1, 0.15) is 16.8 Å². The fourth-order valence-corrected chi connectivity index (χ4v) is 3.02. The summed E-state index contributed by atoms with van der Waals surface area (Å²) in [7, 11) is 1.36. The number of aryl methyl sites for hydroxylation is 1. The number of H-pyrrole nitrogens is 1. The molecule has 1 atom stereocenters. The first-order valence-corrected chi connectivity index (χ1v) is 8.89. The number of amides is 1. The third kappa shape index (κ3) is 4.73. The Kier molecular flexibility index (Phi) is 5.86. The SMILES string of the molecule is COC(=O)C(CNC(=O)Cc1[nH]nc2ccccc12)Cc1ccc(C)cc1. The molecule has 27 heavy (non-hydrogen) atoms. The van der Waals surface area contributed by atoms with Crippen molar-refractivity contribution in [3.05, 3.63) is 65.4 Å². The highest BCUT2D eigenvalue weighted by molar-refractivity contribution is 5.87. The van der Waals surface area contributed by atoms with Gasteiger partial charge in [0.05, 0.1) is 30.7 Å². The zero-order chi connectivity index (χ0) is 19.2. The third-order valence-electron chi connectivity index (χ3n) is 4.56. The standard InChI is InChI=1S/C21H23N3O3/c1-14-7-9-15(10-8-14)11-16(21(26)27-2)13-22-20(25)12-19-17-5-3-4-6-18(17)23-24-19/h3-10,16H,11-13H2,1-2H3,(H,22,25)(H,23,24). The monoisotopic (exact) mass is 365 g/mol. The van der Waals surface area contributed by atoms with E-state index in [1.807, 2.05) is 55.5 Å². The number of hydrogen-bond donors (Lipinski definition) is 2. The van der Waals surface area contributed by atoms with Crippen molar-refractivity contribution in [1.82, 2.24) is 15.5 Å². The molecule has 6 heteroatoms. The largest absolute Gasteiger partial charge is 0.469 e. The van der Waals surface area contributed by atoms with Crippen LogP contribution in [-0.2, 0) is 27.2 Å². The van der Waals surface area contributed by atoms with Crippen LogP contribution in [0.15, 0.2) is 48.5 Å². The number of fused-ring (bicyclic) bond motifs is 1. The van der Waals surface area contributed by atoms with Gasteiger partial charge in [-0.1, -0.05) is 48.0 Å². The Hall–Kier alpha value is -3.15. The number of carbonyl (C=O) groups excluding carboxylic acids is 2. The zero-order valence-corrected chi connectivity index (χ0v) is 15.5. The Morgan fingerprint density at radius 2 is 1.89 bits per heavy atom. The number of nitrogens with one attached hydrogen (secondary N) is 2. The van der Waals surface area contributed by atoms with Crippen molar-refractivity contribution >= 4 is 22.8 Å². The second-order valence-electron chi connectivity index (χ2n) is 6.61. The fraction of sp³-hybridized carbons (Fsp3) is 0.286. The highest BCUT2D eigenvalue weighted by Crippen LogP contribution is 2.16. The molecular formula is C21H23N3O3. The molecule has 0 bridgehead atoms. The van der Waals surface area contributed by atoms with E-state index in [2.05, 4.69) is 15.5 Å². The van der Waals surface area contributed by atoms with Gasteiger partial charge >= 0.3 is 5.97 Å². The number of nitrogens with zero attached hydrogens (tertiary/aromatic N) is 1. The summed E-state index contributed by atoms with van der Waals surface area (Å²) in [6.45, 7) is 2.24. The number of para-hydroxylation sites is 1. The van der Waals surface area contributed by atoms with Crippen LogP contribution < -0.4 is 5.32 Å². The maximum atomic E-state index is 12.4. The molecular weight excluding hydrogens is 342 g/mol. The van der Waals surface area contributed by atoms with E-state index in [4.69, 9.17) is 4.74 Å². The van der Waals surface area contributed by atoms with E-state index >= 15 is 0 Å². The first-order valence-electron chi connectivity index (χ1n) is 8.89. The van der Waals surface area contributed by atoms with Crippen molar-refractivity contribution in [2.45, 2.75) is 19.8 Å². The molecule has 0 aliphatic heterocycles. The van der Waals surface area contributed by atoms with Gasteiger partial charge in [-0.15, -0.1) is 0 Å². The van der Waals surface area contributed by atoms with Gasteiger partial charge in [0.15, 0.2) is 0 Å². The minimum absolute atomic E-state index is 0.165. The highest BCUT2D eigenvalue weighted by atomic mass is 16.5. The van der Waals surface area contributed by atoms with Crippen LogP contribution in [0.3, 0.4) is 0 Å². The number of aromatic nitrogens is 2. The van der Waals surface area contributed by atoms with E-state index in [0.29, 0.717) is 6.42 Å². The normalized spacial score (nSPS) is 11.9. The molecule has 3 aromatic rings. The first kappa shape index (κ1) is 18.6. The number of carbonyl (C=O) groups is 2. The van der Waals surface area contributed by atoms with Crippen LogP contribution >= 0.6 is 0 Å². The summed E-state index contributed by atoms with van der Waals surface area (Å²) in [4.78, 5) is 24.5. The second-order valence-corrected chi connectivity index (χ2v) is 6.61. The first-order chi connectivity index (χ1) is 13.1. The molecule has 0 aliphatic rings. The minimum atomic E-state index is -0.430. The molecule has 0 saturated heterocycles. The molecule has 0 saturated carbocycles. The third-order valence-corrected chi connectivity index (χ3v) is 4.56. The van der Waals surface area contributed by atoms with Crippen molar-refractivity contribution in [2.24, 2.45) is 5.92 Å². The fourth-order valence-electron chi connectivity index (χ4n) is 3.02. The van der Waals surface area contributed by atoms with Crippen LogP contribution in [0, 0.1) is 12.8 Å². The van der Waals surface area contributed by atoms with Gasteiger partial charge in [-0.2, -0.15) is 5.10 Å². The lowest BCUT2D eigenvalue weighted by Gasteiger charge is -2.15. The van der Waals surface area contributed by atoms with E-state index in [-0.39, 0.29) is 24.8 Å². The van der Waals surface area contributed by atoms with Gasteiger partial charge in [0.25, 0.3) is 0 Å². The summed E-state index contributed by atoms with van der Waals surface area (Å²) < 4.78 is 4.90. The number of aromatic amines is 1.